The molecule has 2 aromatic carbocycles. The fourth-order valence-corrected chi connectivity index (χ4v) is 3.88. The second kappa shape index (κ2) is 8.60. The summed E-state index contributed by atoms with van der Waals surface area (Å²) in [6.45, 7) is 7.12. The number of imidazole rings is 1. The van der Waals surface area contributed by atoms with Crippen molar-refractivity contribution < 1.29 is 9.53 Å². The predicted octanol–water partition coefficient (Wildman–Crippen LogP) is 3.40. The van der Waals surface area contributed by atoms with E-state index in [0.29, 0.717) is 6.61 Å². The smallest absolute Gasteiger partial charge is 0.219 e. The minimum Gasteiger partial charge on any atom is -0.368 e. The van der Waals surface area contributed by atoms with Gasteiger partial charge < -0.3 is 14.5 Å². The Morgan fingerprint density at radius 2 is 1.93 bits per heavy atom. The van der Waals surface area contributed by atoms with Gasteiger partial charge in [-0.1, -0.05) is 18.1 Å². The molecule has 1 unspecified atom stereocenters. The molecule has 1 aromatic heterocycles. The molecule has 1 amide bonds. The van der Waals surface area contributed by atoms with E-state index in [9.17, 15) is 4.79 Å². The Hall–Kier alpha value is -3.30. The highest BCUT2D eigenvalue weighted by Gasteiger charge is 2.19. The molecule has 1 atom stereocenters. The van der Waals surface area contributed by atoms with Gasteiger partial charge in [-0.3, -0.25) is 9.36 Å². The first kappa shape index (κ1) is 20.0. The third-order valence-electron chi connectivity index (χ3n) is 5.66. The SMILES string of the molecule is C#CCOC(C)c1ccc2c(c1)ncn2-c1cccc(N2CCN(C(C)=O)CC2)c1. The van der Waals surface area contributed by atoms with Gasteiger partial charge in [0.1, 0.15) is 12.9 Å². The molecule has 0 bridgehead atoms. The number of anilines is 1. The van der Waals surface area contributed by atoms with Gasteiger partial charge in [0.15, 0.2) is 0 Å². The molecule has 3 aromatic rings. The summed E-state index contributed by atoms with van der Waals surface area (Å²) in [6.07, 6.45) is 7.07. The van der Waals surface area contributed by atoms with E-state index in [1.54, 1.807) is 6.92 Å². The topological polar surface area (TPSA) is 50.6 Å². The number of nitrogens with zero attached hydrogens (tertiary/aromatic N) is 4. The Labute approximate surface area is 177 Å². The van der Waals surface area contributed by atoms with Crippen LogP contribution in [-0.2, 0) is 9.53 Å². The third kappa shape index (κ3) is 4.03. The molecule has 1 aliphatic rings. The van der Waals surface area contributed by atoms with Gasteiger partial charge in [0.05, 0.1) is 17.1 Å². The van der Waals surface area contributed by atoms with Gasteiger partial charge in [-0.05, 0) is 42.8 Å². The van der Waals surface area contributed by atoms with E-state index in [1.807, 2.05) is 18.2 Å². The van der Waals surface area contributed by atoms with Gasteiger partial charge in [0.2, 0.25) is 5.91 Å². The number of piperazine rings is 1. The summed E-state index contributed by atoms with van der Waals surface area (Å²) in [6, 6.07) is 14.6. The van der Waals surface area contributed by atoms with Crippen LogP contribution in [0.15, 0.2) is 48.8 Å². The highest BCUT2D eigenvalue weighted by molar-refractivity contribution is 5.78. The molecule has 6 nitrogen and oxygen atoms in total. The normalized spacial score (nSPS) is 15.2. The monoisotopic (exact) mass is 402 g/mol. The number of aromatic nitrogens is 2. The van der Waals surface area contributed by atoms with Crippen molar-refractivity contribution in [3.8, 4) is 18.0 Å². The van der Waals surface area contributed by atoms with E-state index in [4.69, 9.17) is 11.2 Å². The number of rotatable bonds is 5. The molecule has 1 fully saturated rings. The van der Waals surface area contributed by atoms with Crippen LogP contribution < -0.4 is 4.90 Å². The number of benzene rings is 2. The van der Waals surface area contributed by atoms with E-state index in [-0.39, 0.29) is 12.0 Å². The van der Waals surface area contributed by atoms with Crippen LogP contribution in [-0.4, -0.2) is 53.1 Å². The van der Waals surface area contributed by atoms with E-state index in [0.717, 1.165) is 54.2 Å². The van der Waals surface area contributed by atoms with Crippen LogP contribution in [0.4, 0.5) is 5.69 Å². The molecule has 0 N–H and O–H groups in total. The molecule has 30 heavy (non-hydrogen) atoms. The Morgan fingerprint density at radius 3 is 2.67 bits per heavy atom. The first-order valence-corrected chi connectivity index (χ1v) is 10.2. The first-order chi connectivity index (χ1) is 14.6. The first-order valence-electron chi connectivity index (χ1n) is 10.2. The molecular weight excluding hydrogens is 376 g/mol. The minimum absolute atomic E-state index is 0.0763. The standard InChI is InChI=1S/C24H26N4O2/c1-4-14-30-18(2)20-8-9-24-23(15-20)25-17-28(24)22-7-5-6-21(16-22)27-12-10-26(11-13-27)19(3)29/h1,5-9,15-18H,10-14H2,2-3H3. The molecule has 154 valence electrons. The number of hydrogen-bond acceptors (Lipinski definition) is 4. The fourth-order valence-electron chi connectivity index (χ4n) is 3.88. The van der Waals surface area contributed by atoms with Crippen LogP contribution >= 0.6 is 0 Å². The molecule has 0 aliphatic carbocycles. The Bertz CT molecular complexity index is 1090. The Morgan fingerprint density at radius 1 is 1.17 bits per heavy atom. The Balaban J connectivity index is 1.57. The zero-order valence-corrected chi connectivity index (χ0v) is 17.4. The lowest BCUT2D eigenvalue weighted by molar-refractivity contribution is -0.129. The van der Waals surface area contributed by atoms with Crippen molar-refractivity contribution in [2.24, 2.45) is 0 Å². The lowest BCUT2D eigenvalue weighted by Gasteiger charge is -2.35. The lowest BCUT2D eigenvalue weighted by atomic mass is 10.1. The van der Waals surface area contributed by atoms with Crippen LogP contribution in [0.2, 0.25) is 0 Å². The molecule has 0 spiro atoms. The lowest BCUT2D eigenvalue weighted by Crippen LogP contribution is -2.48. The summed E-state index contributed by atoms with van der Waals surface area (Å²) in [7, 11) is 0. The summed E-state index contributed by atoms with van der Waals surface area (Å²) >= 11 is 0. The van der Waals surface area contributed by atoms with Gasteiger partial charge in [-0.25, -0.2) is 4.98 Å². The van der Waals surface area contributed by atoms with Crippen molar-refractivity contribution in [2.75, 3.05) is 37.7 Å². The highest BCUT2D eigenvalue weighted by atomic mass is 16.5. The van der Waals surface area contributed by atoms with E-state index < -0.39 is 0 Å². The van der Waals surface area contributed by atoms with Crippen molar-refractivity contribution in [2.45, 2.75) is 20.0 Å². The summed E-state index contributed by atoms with van der Waals surface area (Å²) in [5.74, 6) is 2.65. The van der Waals surface area contributed by atoms with Gasteiger partial charge in [-0.15, -0.1) is 6.42 Å². The number of amides is 1. The second-order valence-corrected chi connectivity index (χ2v) is 7.53. The minimum atomic E-state index is -0.0763. The van der Waals surface area contributed by atoms with Crippen LogP contribution in [0.25, 0.3) is 16.7 Å². The number of terminal acetylenes is 1. The number of fused-ring (bicyclic) bond motifs is 1. The van der Waals surface area contributed by atoms with E-state index >= 15 is 0 Å². The molecule has 0 saturated carbocycles. The molecule has 0 radical (unpaired) electrons. The van der Waals surface area contributed by atoms with Crippen molar-refractivity contribution in [3.05, 3.63) is 54.4 Å². The Kier molecular flexibility index (Phi) is 5.73. The van der Waals surface area contributed by atoms with Crippen LogP contribution in [0.1, 0.15) is 25.5 Å². The maximum atomic E-state index is 11.6. The van der Waals surface area contributed by atoms with Gasteiger partial charge in [-0.2, -0.15) is 0 Å². The van der Waals surface area contributed by atoms with Crippen molar-refractivity contribution in [1.29, 1.82) is 0 Å². The van der Waals surface area contributed by atoms with Crippen LogP contribution in [0, 0.1) is 12.3 Å². The highest BCUT2D eigenvalue weighted by Crippen LogP contribution is 2.26. The zero-order chi connectivity index (χ0) is 21.1. The summed E-state index contributed by atoms with van der Waals surface area (Å²) in [4.78, 5) is 20.4. The largest absolute Gasteiger partial charge is 0.368 e. The van der Waals surface area contributed by atoms with Crippen molar-refractivity contribution in [1.82, 2.24) is 14.5 Å². The number of ether oxygens (including phenoxy) is 1. The van der Waals surface area contributed by atoms with Crippen molar-refractivity contribution in [3.63, 3.8) is 0 Å². The summed E-state index contributed by atoms with van der Waals surface area (Å²) < 4.78 is 7.72. The predicted molar refractivity (Wildman–Crippen MR) is 119 cm³/mol. The number of hydrogen-bond donors (Lipinski definition) is 0. The summed E-state index contributed by atoms with van der Waals surface area (Å²) in [5.41, 5.74) is 5.24. The summed E-state index contributed by atoms with van der Waals surface area (Å²) in [5, 5.41) is 0. The third-order valence-corrected chi connectivity index (χ3v) is 5.66. The zero-order valence-electron chi connectivity index (χ0n) is 17.4. The molecule has 1 aliphatic heterocycles. The molecule has 1 saturated heterocycles. The molecule has 4 rings (SSSR count). The molecule has 2 heterocycles. The van der Waals surface area contributed by atoms with Crippen LogP contribution in [0.5, 0.6) is 0 Å². The van der Waals surface area contributed by atoms with E-state index in [1.165, 1.54) is 0 Å². The number of carbonyl (C=O) groups is 1. The average Bonchev–Trinajstić information content (AvgIpc) is 3.21. The molecular formula is C24H26N4O2. The maximum absolute atomic E-state index is 11.6. The van der Waals surface area contributed by atoms with E-state index in [2.05, 4.69) is 62.8 Å². The maximum Gasteiger partial charge on any atom is 0.219 e. The van der Waals surface area contributed by atoms with Crippen LogP contribution in [0.3, 0.4) is 0 Å². The van der Waals surface area contributed by atoms with Gasteiger partial charge in [0, 0.05) is 44.5 Å². The van der Waals surface area contributed by atoms with Gasteiger partial charge in [0.25, 0.3) is 0 Å². The number of carbonyl (C=O) groups excluding carboxylic acids is 1. The second-order valence-electron chi connectivity index (χ2n) is 7.53. The quantitative estimate of drug-likeness (QED) is 0.614. The average molecular weight is 402 g/mol. The molecule has 6 heteroatoms. The van der Waals surface area contributed by atoms with Gasteiger partial charge >= 0.3 is 0 Å². The van der Waals surface area contributed by atoms with Crippen molar-refractivity contribution >= 4 is 22.6 Å². The fraction of sp³-hybridized carbons (Fsp3) is 0.333.